The van der Waals surface area contributed by atoms with Gasteiger partial charge in [-0.05, 0) is 63.0 Å². The molecule has 5 rings (SSSR count). The Morgan fingerprint density at radius 3 is 2.63 bits per heavy atom. The predicted octanol–water partition coefficient (Wildman–Crippen LogP) is 2.68. The first-order chi connectivity index (χ1) is 14.3. The van der Waals surface area contributed by atoms with Crippen LogP contribution in [0.4, 0.5) is 11.6 Å². The van der Waals surface area contributed by atoms with Crippen LogP contribution < -0.4 is 16.4 Å². The molecule has 3 saturated carbocycles. The van der Waals surface area contributed by atoms with E-state index in [2.05, 4.69) is 20.6 Å². The summed E-state index contributed by atoms with van der Waals surface area (Å²) in [5.74, 6) is 2.36. The van der Waals surface area contributed by atoms with E-state index in [9.17, 15) is 9.90 Å². The molecule has 3 fully saturated rings. The molecule has 2 heterocycles. The number of rotatable bonds is 6. The highest BCUT2D eigenvalue weighted by Crippen LogP contribution is 2.55. The van der Waals surface area contributed by atoms with Crippen LogP contribution in [0.15, 0.2) is 18.3 Å². The number of nitrogens with zero attached hydrogens (tertiary/aromatic N) is 3. The quantitative estimate of drug-likeness (QED) is 0.581. The third-order valence-corrected chi connectivity index (χ3v) is 6.78. The Morgan fingerprint density at radius 2 is 2.00 bits per heavy atom. The van der Waals surface area contributed by atoms with Gasteiger partial charge in [0.2, 0.25) is 0 Å². The molecule has 1 amide bonds. The maximum atomic E-state index is 13.0. The van der Waals surface area contributed by atoms with E-state index in [0.717, 1.165) is 44.3 Å². The van der Waals surface area contributed by atoms with E-state index in [4.69, 9.17) is 5.73 Å². The van der Waals surface area contributed by atoms with Gasteiger partial charge in [-0.2, -0.15) is 0 Å². The van der Waals surface area contributed by atoms with Gasteiger partial charge < -0.3 is 26.0 Å². The highest BCUT2D eigenvalue weighted by atomic mass is 16.3. The number of aryl methyl sites for hydroxylation is 1. The van der Waals surface area contributed by atoms with Gasteiger partial charge in [0, 0.05) is 31.2 Å². The summed E-state index contributed by atoms with van der Waals surface area (Å²) in [5, 5.41) is 16.3. The number of aromatic nitrogens is 3. The fourth-order valence-corrected chi connectivity index (χ4v) is 5.11. The highest BCUT2D eigenvalue weighted by molar-refractivity contribution is 6.07. The summed E-state index contributed by atoms with van der Waals surface area (Å²) in [5.41, 5.74) is 7.36. The number of carbonyl (C=O) groups excluding carboxylic acids is 1. The minimum atomic E-state index is -0.697. The molecule has 0 radical (unpaired) electrons. The minimum Gasteiger partial charge on any atom is -0.387 e. The zero-order chi connectivity index (χ0) is 21.0. The van der Waals surface area contributed by atoms with Crippen LogP contribution >= 0.6 is 0 Å². The number of amides is 1. The molecule has 160 valence electrons. The molecule has 2 aromatic heterocycles. The van der Waals surface area contributed by atoms with E-state index < -0.39 is 6.10 Å². The second-order valence-electron chi connectivity index (χ2n) is 9.55. The Hall–Kier alpha value is -2.45. The lowest BCUT2D eigenvalue weighted by molar-refractivity contribution is 0.00108. The number of hydrogen-bond donors (Lipinski definition) is 4. The van der Waals surface area contributed by atoms with Crippen LogP contribution in [-0.4, -0.2) is 37.6 Å². The lowest BCUT2D eigenvalue weighted by Crippen LogP contribution is -2.57. The van der Waals surface area contributed by atoms with Gasteiger partial charge in [-0.1, -0.05) is 0 Å². The lowest BCUT2D eigenvalue weighted by Gasteiger charge is -2.57. The van der Waals surface area contributed by atoms with Crippen molar-refractivity contribution in [2.75, 3.05) is 10.6 Å². The molecule has 1 atom stereocenters. The predicted molar refractivity (Wildman–Crippen MR) is 114 cm³/mol. The average Bonchev–Trinajstić information content (AvgIpc) is 3.41. The fourth-order valence-electron chi connectivity index (χ4n) is 5.11. The van der Waals surface area contributed by atoms with Crippen molar-refractivity contribution in [3.8, 4) is 0 Å². The molecule has 0 bridgehead atoms. The number of pyridine rings is 1. The molecule has 8 nitrogen and oxygen atoms in total. The van der Waals surface area contributed by atoms with Crippen LogP contribution in [0.1, 0.15) is 79.3 Å². The van der Waals surface area contributed by atoms with E-state index >= 15 is 0 Å². The summed E-state index contributed by atoms with van der Waals surface area (Å²) >= 11 is 0. The first-order valence-electron chi connectivity index (χ1n) is 10.9. The van der Waals surface area contributed by atoms with Gasteiger partial charge in [0.15, 0.2) is 5.82 Å². The number of imidazole rings is 1. The lowest BCUT2D eigenvalue weighted by atomic mass is 9.52. The second kappa shape index (κ2) is 7.06. The van der Waals surface area contributed by atoms with Gasteiger partial charge in [-0.3, -0.25) is 4.79 Å². The summed E-state index contributed by atoms with van der Waals surface area (Å²) in [7, 11) is 1.96. The van der Waals surface area contributed by atoms with Gasteiger partial charge in [0.05, 0.1) is 17.4 Å². The molecule has 3 aliphatic carbocycles. The molecule has 1 spiro atoms. The summed E-state index contributed by atoms with van der Waals surface area (Å²) in [6.07, 6.45) is 7.74. The highest BCUT2D eigenvalue weighted by Gasteiger charge is 2.51. The number of carbonyl (C=O) groups is 1. The number of aliphatic hydroxyl groups is 1. The zero-order valence-electron chi connectivity index (χ0n) is 17.6. The van der Waals surface area contributed by atoms with Crippen molar-refractivity contribution in [2.45, 2.75) is 69.6 Å². The van der Waals surface area contributed by atoms with Crippen molar-refractivity contribution in [2.24, 2.45) is 18.2 Å². The second-order valence-corrected chi connectivity index (χ2v) is 9.55. The first kappa shape index (κ1) is 19.5. The van der Waals surface area contributed by atoms with E-state index in [1.54, 1.807) is 19.1 Å². The molecular weight excluding hydrogens is 380 g/mol. The molecule has 0 aliphatic heterocycles. The number of anilines is 2. The van der Waals surface area contributed by atoms with Crippen molar-refractivity contribution < 1.29 is 9.90 Å². The van der Waals surface area contributed by atoms with Crippen molar-refractivity contribution >= 4 is 17.5 Å². The molecule has 2 aromatic rings. The molecule has 0 saturated heterocycles. The molecule has 1 unspecified atom stereocenters. The number of hydrogen-bond acceptors (Lipinski definition) is 6. The molecule has 0 aromatic carbocycles. The standard InChI is InChI=1S/C22H30N6O2/c1-12(29)17-6-5-16(19(25-17)24-15-9-22(10-15)7-14(23)8-22)21(30)27-18-11-28(2)20(26-18)13-3-4-13/h5-6,11-15,29H,3-4,7-10,23H2,1-2H3,(H,24,25)(H,27,30). The van der Waals surface area contributed by atoms with Crippen LogP contribution in [0.25, 0.3) is 0 Å². The van der Waals surface area contributed by atoms with Gasteiger partial charge >= 0.3 is 0 Å². The zero-order valence-corrected chi connectivity index (χ0v) is 17.6. The Labute approximate surface area is 176 Å². The molecular formula is C22H30N6O2. The first-order valence-corrected chi connectivity index (χ1v) is 10.9. The van der Waals surface area contributed by atoms with Crippen molar-refractivity contribution in [3.05, 3.63) is 35.4 Å². The van der Waals surface area contributed by atoms with E-state index in [0.29, 0.717) is 40.3 Å². The van der Waals surface area contributed by atoms with Gasteiger partial charge in [-0.25, -0.2) is 9.97 Å². The van der Waals surface area contributed by atoms with Crippen LogP contribution in [0.2, 0.25) is 0 Å². The van der Waals surface area contributed by atoms with Gasteiger partial charge in [-0.15, -0.1) is 0 Å². The molecule has 30 heavy (non-hydrogen) atoms. The van der Waals surface area contributed by atoms with E-state index in [-0.39, 0.29) is 11.9 Å². The maximum Gasteiger partial charge on any atom is 0.260 e. The Balaban J connectivity index is 1.33. The SMILES string of the molecule is CC(O)c1ccc(C(=O)Nc2cn(C)c(C3CC3)n2)c(NC2CC3(CC(N)C3)C2)n1. The van der Waals surface area contributed by atoms with Crippen molar-refractivity contribution in [3.63, 3.8) is 0 Å². The molecule has 3 aliphatic rings. The van der Waals surface area contributed by atoms with Gasteiger partial charge in [0.25, 0.3) is 5.91 Å². The maximum absolute atomic E-state index is 13.0. The van der Waals surface area contributed by atoms with Crippen LogP contribution in [-0.2, 0) is 7.05 Å². The number of aliphatic hydroxyl groups excluding tert-OH is 1. The van der Waals surface area contributed by atoms with Crippen LogP contribution in [0, 0.1) is 5.41 Å². The van der Waals surface area contributed by atoms with E-state index in [1.165, 1.54) is 0 Å². The Bertz CT molecular complexity index is 966. The van der Waals surface area contributed by atoms with E-state index in [1.807, 2.05) is 17.8 Å². The normalized spacial score (nSPS) is 28.5. The minimum absolute atomic E-state index is 0.248. The summed E-state index contributed by atoms with van der Waals surface area (Å²) in [4.78, 5) is 22.2. The van der Waals surface area contributed by atoms with Crippen LogP contribution in [0.5, 0.6) is 0 Å². The molecule has 8 heteroatoms. The fraction of sp³-hybridized carbons (Fsp3) is 0.591. The summed E-state index contributed by atoms with van der Waals surface area (Å²) in [6.45, 7) is 1.67. The third-order valence-electron chi connectivity index (χ3n) is 6.78. The van der Waals surface area contributed by atoms with Gasteiger partial charge in [0.1, 0.15) is 11.6 Å². The van der Waals surface area contributed by atoms with Crippen molar-refractivity contribution in [1.82, 2.24) is 14.5 Å². The van der Waals surface area contributed by atoms with Crippen molar-refractivity contribution in [1.29, 1.82) is 0 Å². The summed E-state index contributed by atoms with van der Waals surface area (Å²) in [6, 6.07) is 4.04. The number of nitrogens with two attached hydrogens (primary N) is 1. The largest absolute Gasteiger partial charge is 0.387 e. The third kappa shape index (κ3) is 3.58. The summed E-state index contributed by atoms with van der Waals surface area (Å²) < 4.78 is 1.98. The topological polar surface area (TPSA) is 118 Å². The Morgan fingerprint density at radius 1 is 1.27 bits per heavy atom. The number of nitrogens with one attached hydrogen (secondary N) is 2. The monoisotopic (exact) mass is 410 g/mol. The molecule has 5 N–H and O–H groups in total. The average molecular weight is 411 g/mol. The Kier molecular flexibility index (Phi) is 4.59. The smallest absolute Gasteiger partial charge is 0.260 e. The van der Waals surface area contributed by atoms with Crippen LogP contribution in [0.3, 0.4) is 0 Å².